The Balaban J connectivity index is 0.716. The van der Waals surface area contributed by atoms with Gasteiger partial charge in [0.25, 0.3) is 17.4 Å². The Bertz CT molecular complexity index is 3680. The third-order valence-electron chi connectivity index (χ3n) is 14.6. The number of rotatable bonds is 21. The van der Waals surface area contributed by atoms with Crippen molar-refractivity contribution in [3.8, 4) is 0 Å². The van der Waals surface area contributed by atoms with Crippen molar-refractivity contribution in [3.05, 3.63) is 83.3 Å². The number of halogens is 2. The van der Waals surface area contributed by atoms with Crippen molar-refractivity contribution in [1.29, 1.82) is 0 Å². The van der Waals surface area contributed by atoms with Gasteiger partial charge in [0.15, 0.2) is 47.1 Å². The third-order valence-corrected chi connectivity index (χ3v) is 17.8. The summed E-state index contributed by atoms with van der Waals surface area (Å²) in [6.07, 6.45) is -5.95. The number of alkyl halides is 1. The number of carbonyl (C=O) groups excluding carboxylic acids is 7. The number of aliphatic hydroxyl groups is 1. The highest BCUT2D eigenvalue weighted by Gasteiger charge is 2.54. The predicted molar refractivity (Wildman–Crippen MR) is 314 cm³/mol. The molecule has 7 N–H and O–H groups in total. The maximum Gasteiger partial charge on any atom is 0.409 e. The monoisotopic (exact) mass is 1320 g/mol. The van der Waals surface area contributed by atoms with Crippen molar-refractivity contribution in [1.82, 2.24) is 54.5 Å². The average Bonchev–Trinajstić information content (AvgIpc) is 1.64. The van der Waals surface area contributed by atoms with Crippen molar-refractivity contribution in [2.75, 3.05) is 44.0 Å². The van der Waals surface area contributed by atoms with E-state index >= 15 is 8.78 Å². The van der Waals surface area contributed by atoms with Gasteiger partial charge in [-0.3, -0.25) is 56.6 Å². The minimum absolute atomic E-state index is 0.000146. The fourth-order valence-corrected chi connectivity index (χ4v) is 12.8. The van der Waals surface area contributed by atoms with E-state index in [2.05, 4.69) is 58.4 Å². The number of H-pyrrole nitrogens is 1. The first-order valence-electron chi connectivity index (χ1n) is 27.8. The molecule has 480 valence electrons. The lowest BCUT2D eigenvalue weighted by atomic mass is 10.0. The van der Waals surface area contributed by atoms with Gasteiger partial charge in [-0.15, -0.1) is 0 Å². The van der Waals surface area contributed by atoms with Crippen LogP contribution in [0.15, 0.2) is 66.4 Å². The molecule has 89 heavy (non-hydrogen) atoms. The van der Waals surface area contributed by atoms with E-state index in [4.69, 9.17) is 44.1 Å². The second-order valence-corrected chi connectivity index (χ2v) is 27.1. The largest absolute Gasteiger partial charge is 0.445 e. The molecule has 3 saturated heterocycles. The molecule has 4 aliphatic heterocycles. The molecule has 37 heteroatoms. The van der Waals surface area contributed by atoms with Gasteiger partial charge >= 0.3 is 19.6 Å². The lowest BCUT2D eigenvalue weighted by Crippen LogP contribution is -2.53. The molecule has 4 aromatic heterocycles. The van der Waals surface area contributed by atoms with Crippen molar-refractivity contribution in [3.63, 3.8) is 0 Å². The van der Waals surface area contributed by atoms with E-state index in [1.165, 1.54) is 31.0 Å². The highest BCUT2D eigenvalue weighted by atomic mass is 32.7. The lowest BCUT2D eigenvalue weighted by molar-refractivity contribution is -0.137. The van der Waals surface area contributed by atoms with E-state index < -0.39 is 129 Å². The molecule has 1 aromatic carbocycles. The quantitative estimate of drug-likeness (QED) is 0.0226. The molecule has 12 atom stereocenters. The summed E-state index contributed by atoms with van der Waals surface area (Å²) in [6.45, 7) is -5.38. The molecular weight excluding hydrogens is 1260 g/mol. The summed E-state index contributed by atoms with van der Waals surface area (Å²) in [6, 6.07) is 4.51. The first kappa shape index (κ1) is 66.4. The molecule has 0 radical (unpaired) electrons. The number of fused-ring (bicyclic) bond motifs is 5. The number of unbranched alkanes of at least 4 members (excludes halogenated alkanes) is 2. The molecule has 3 unspecified atom stereocenters. The zero-order chi connectivity index (χ0) is 64.1. The molecule has 9 rings (SSSR count). The van der Waals surface area contributed by atoms with E-state index in [-0.39, 0.29) is 85.2 Å². The molecule has 31 nitrogen and oxygen atoms in total. The standard InChI is InChI=1S/C52H63F2N13O18P2S2/c1-26(2)39(62-33(68)9-6-5-7-18-65-35(70)15-16-36(65)71)49(75)60-27(3)47(73)61-29-13-11-28(12-14-29)20-79-52(76)64(4)17-8-10-34(69)63-44-40-46(57-23-55-44)67(25-59-40)50-38(54)42-32(83-50)22-81-87(78,89)85-43-41(72)31(21-80-86(77,88)84-42)82-51(43)66-19-30(53)37-45(66)56-24-58-48(37)74/h11-16,19,23-27,31-32,38-39,41-43,50-51,72H,5-10,17-18,20-22H2,1-4H3,(H,60,75)(H,61,73)(H,62,68)(H,77,88)(H,78,89)(H,56,58,74)(H,55,57,63,69)/t27-,31+,32+,38+,39-,41+,42+,43+,50+,51?,86?,87?/m0/s1. The fraction of sp³-hybridized carbons (Fsp3) is 0.500. The first-order valence-corrected chi connectivity index (χ1v) is 33.1. The number of ether oxygens (including phenoxy) is 3. The van der Waals surface area contributed by atoms with Crippen LogP contribution in [0.25, 0.3) is 22.2 Å². The van der Waals surface area contributed by atoms with Gasteiger partial charge in [0.1, 0.15) is 60.9 Å². The maximum atomic E-state index is 16.7. The number of aromatic amines is 1. The number of benzene rings is 1. The fourth-order valence-electron chi connectivity index (χ4n) is 9.93. The van der Waals surface area contributed by atoms with Crippen LogP contribution in [0.2, 0.25) is 0 Å². The number of carbonyl (C=O) groups is 7. The molecule has 7 amide bonds. The lowest BCUT2D eigenvalue weighted by Gasteiger charge is -2.27. The Morgan fingerprint density at radius 1 is 0.865 bits per heavy atom. The number of nitrogens with zero attached hydrogens (tertiary/aromatic N) is 8. The van der Waals surface area contributed by atoms with E-state index in [0.29, 0.717) is 30.5 Å². The van der Waals surface area contributed by atoms with Gasteiger partial charge in [-0.05, 0) is 61.6 Å². The summed E-state index contributed by atoms with van der Waals surface area (Å²) in [4.78, 5) is 134. The smallest absolute Gasteiger partial charge is 0.409 e. The number of imidazole rings is 1. The number of aromatic nitrogens is 7. The summed E-state index contributed by atoms with van der Waals surface area (Å²) in [5.74, 6) is -4.08. The zero-order valence-corrected chi connectivity index (χ0v) is 51.4. The van der Waals surface area contributed by atoms with Gasteiger partial charge in [-0.1, -0.05) is 44.6 Å². The van der Waals surface area contributed by atoms with Gasteiger partial charge in [0, 0.05) is 57.0 Å². The van der Waals surface area contributed by atoms with Crippen LogP contribution in [-0.4, -0.2) is 178 Å². The SMILES string of the molecule is CC(C)[C@H](NC(=O)CCCCCN1C(=O)C=CC1=O)C(=O)N[C@@H](C)C(=O)Nc1ccc(COC(=O)N(C)CCCC(=O)Nc2ncnc3c2ncn3[C@@H]2O[C@@H]3COP(O)(=S)O[C@H]4C(n5cc(F)c6c(=O)[nH]cnc65)O[C@H](COP(=O)(S)O[C@H]3[C@H]2F)[C@H]4O)cc1. The van der Waals surface area contributed by atoms with E-state index in [9.17, 15) is 52.9 Å². The van der Waals surface area contributed by atoms with Crippen molar-refractivity contribution in [2.45, 2.75) is 127 Å². The second kappa shape index (κ2) is 28.4. The number of hydrogen-bond donors (Lipinski definition) is 8. The summed E-state index contributed by atoms with van der Waals surface area (Å²) in [5.41, 5.74) is -0.119. The molecule has 8 heterocycles. The van der Waals surface area contributed by atoms with Crippen molar-refractivity contribution < 1.29 is 89.2 Å². The Labute approximate surface area is 514 Å². The number of anilines is 2. The molecule has 3 fully saturated rings. The molecule has 4 aliphatic rings. The van der Waals surface area contributed by atoms with Crippen LogP contribution in [-0.2, 0) is 84.1 Å². The minimum atomic E-state index is -4.60. The summed E-state index contributed by atoms with van der Waals surface area (Å²) in [5, 5.41) is 21.6. The topological polar surface area (TPSA) is 391 Å². The maximum absolute atomic E-state index is 16.7. The Morgan fingerprint density at radius 2 is 1.57 bits per heavy atom. The predicted octanol–water partition coefficient (Wildman–Crippen LogP) is 3.33. The number of hydrogen-bond acceptors (Lipinski definition) is 22. The van der Waals surface area contributed by atoms with Gasteiger partial charge in [0.05, 0.1) is 25.9 Å². The van der Waals surface area contributed by atoms with Crippen LogP contribution in [0.5, 0.6) is 0 Å². The number of aliphatic hydroxyl groups excluding tert-OH is 1. The summed E-state index contributed by atoms with van der Waals surface area (Å²) < 4.78 is 87.4. The van der Waals surface area contributed by atoms with Crippen LogP contribution >= 0.6 is 25.8 Å². The Kier molecular flexibility index (Phi) is 21.2. The third kappa shape index (κ3) is 16.0. The molecule has 0 aliphatic carbocycles. The number of amides is 7. The van der Waals surface area contributed by atoms with Crippen LogP contribution in [0, 0.1) is 11.7 Å². The van der Waals surface area contributed by atoms with Crippen LogP contribution in [0.3, 0.4) is 0 Å². The zero-order valence-electron chi connectivity index (χ0n) is 47.9. The van der Waals surface area contributed by atoms with Gasteiger partial charge in [-0.2, -0.15) is 0 Å². The number of thiol groups is 1. The van der Waals surface area contributed by atoms with Gasteiger partial charge in [-0.25, -0.2) is 38.1 Å². The number of nitrogens with one attached hydrogen (secondary N) is 5. The highest BCUT2D eigenvalue weighted by molar-refractivity contribution is 8.44. The van der Waals surface area contributed by atoms with Crippen LogP contribution < -0.4 is 26.8 Å². The molecule has 0 saturated carbocycles. The first-order chi connectivity index (χ1) is 42.3. The second-order valence-electron chi connectivity index (χ2n) is 21.4. The Morgan fingerprint density at radius 3 is 2.30 bits per heavy atom. The van der Waals surface area contributed by atoms with Crippen LogP contribution in [0.4, 0.5) is 25.1 Å². The van der Waals surface area contributed by atoms with Crippen LogP contribution in [0.1, 0.15) is 77.3 Å². The molecular formula is C52H63F2N13O18P2S2. The highest BCUT2D eigenvalue weighted by Crippen LogP contribution is 2.58. The molecule has 2 bridgehead atoms. The van der Waals surface area contributed by atoms with Gasteiger partial charge < -0.3 is 64.5 Å². The average molecular weight is 1320 g/mol. The van der Waals surface area contributed by atoms with Crippen molar-refractivity contribution in [2.24, 2.45) is 5.92 Å². The van der Waals surface area contributed by atoms with E-state index in [0.717, 1.165) is 39.2 Å². The number of imide groups is 1. The summed E-state index contributed by atoms with van der Waals surface area (Å²) in [7, 11) is 1.48. The minimum Gasteiger partial charge on any atom is -0.445 e. The molecule has 5 aromatic rings. The Hall–Kier alpha value is -7.01. The van der Waals surface area contributed by atoms with Gasteiger partial charge in [0.2, 0.25) is 23.6 Å². The van der Waals surface area contributed by atoms with E-state index in [1.54, 1.807) is 38.1 Å². The van der Waals surface area contributed by atoms with Crippen molar-refractivity contribution >= 4 is 113 Å². The normalized spacial score (nSPS) is 26.1. The summed E-state index contributed by atoms with van der Waals surface area (Å²) >= 11 is 9.32. The van der Waals surface area contributed by atoms with E-state index in [1.807, 2.05) is 0 Å². The molecule has 0 spiro atoms.